The summed E-state index contributed by atoms with van der Waals surface area (Å²) in [5.74, 6) is 0. The van der Waals surface area contributed by atoms with Gasteiger partial charge in [-0.15, -0.1) is 0 Å². The van der Waals surface area contributed by atoms with Crippen LogP contribution in [-0.2, 0) is 6.54 Å². The quantitative estimate of drug-likeness (QED) is 0.734. The van der Waals surface area contributed by atoms with Crippen molar-refractivity contribution in [2.24, 2.45) is 0 Å². The molecule has 0 radical (unpaired) electrons. The molecule has 0 aliphatic rings. The fourth-order valence-corrected chi connectivity index (χ4v) is 3.50. The minimum atomic E-state index is 0.197. The number of unbranched alkanes of at least 4 members (excludes halogenated alkanes) is 1. The van der Waals surface area contributed by atoms with E-state index in [9.17, 15) is 4.79 Å². The second kappa shape index (κ2) is 9.04. The molecule has 0 aliphatic heterocycles. The molecule has 1 unspecified atom stereocenters. The van der Waals surface area contributed by atoms with E-state index in [2.05, 4.69) is 49.7 Å². The second-order valence-electron chi connectivity index (χ2n) is 6.84. The highest BCUT2D eigenvalue weighted by Crippen LogP contribution is 2.20. The third kappa shape index (κ3) is 4.43. The molecule has 1 aromatic carbocycles. The maximum absolute atomic E-state index is 13.2. The molecule has 0 saturated carbocycles. The molecule has 1 aromatic heterocycles. The Morgan fingerprint density at radius 3 is 2.44 bits per heavy atom. The highest BCUT2D eigenvalue weighted by Gasteiger charge is 2.16. The van der Waals surface area contributed by atoms with Gasteiger partial charge in [0.15, 0.2) is 5.43 Å². The minimum Gasteiger partial charge on any atom is -0.372 e. The van der Waals surface area contributed by atoms with E-state index < -0.39 is 0 Å². The number of nitrogens with one attached hydrogen (secondary N) is 2. The molecule has 1 atom stereocenters. The van der Waals surface area contributed by atoms with E-state index in [0.29, 0.717) is 0 Å². The van der Waals surface area contributed by atoms with Crippen LogP contribution in [0.15, 0.2) is 23.0 Å². The monoisotopic (exact) mass is 344 g/mol. The average Bonchev–Trinajstić information content (AvgIpc) is 2.62. The van der Waals surface area contributed by atoms with E-state index in [1.807, 2.05) is 13.0 Å². The van der Waals surface area contributed by atoms with Gasteiger partial charge in [0, 0.05) is 35.4 Å². The van der Waals surface area contributed by atoms with Gasteiger partial charge in [-0.25, -0.2) is 0 Å². The molecule has 0 amide bonds. The van der Waals surface area contributed by atoms with Gasteiger partial charge in [-0.2, -0.15) is 0 Å². The molecule has 0 bridgehead atoms. The molecule has 138 valence electrons. The van der Waals surface area contributed by atoms with Crippen LogP contribution in [0.5, 0.6) is 0 Å². The Labute approximate surface area is 151 Å². The number of aromatic amines is 1. The zero-order valence-electron chi connectivity index (χ0n) is 16.5. The molecule has 4 nitrogen and oxygen atoms in total. The summed E-state index contributed by atoms with van der Waals surface area (Å²) in [7, 11) is 0. The zero-order chi connectivity index (χ0) is 18.4. The number of hydrogen-bond acceptors (Lipinski definition) is 2. The SMILES string of the molecule is CCCC[NH+](CC)Cc1c(C)[nH]c2ccc(N(CC)CC)cc2c1=O. The summed E-state index contributed by atoms with van der Waals surface area (Å²) in [6.45, 7) is 15.6. The Kier molecular flexibility index (Phi) is 7.06. The lowest BCUT2D eigenvalue weighted by Gasteiger charge is -2.22. The topological polar surface area (TPSA) is 40.5 Å². The highest BCUT2D eigenvalue weighted by atomic mass is 16.1. The van der Waals surface area contributed by atoms with E-state index in [-0.39, 0.29) is 5.43 Å². The van der Waals surface area contributed by atoms with Gasteiger partial charge in [-0.3, -0.25) is 4.79 Å². The van der Waals surface area contributed by atoms with Crippen LogP contribution in [0.2, 0.25) is 0 Å². The van der Waals surface area contributed by atoms with Crippen molar-refractivity contribution in [2.45, 2.75) is 54.0 Å². The Bertz CT molecular complexity index is 747. The normalized spacial score (nSPS) is 12.5. The maximum atomic E-state index is 13.2. The van der Waals surface area contributed by atoms with Crippen LogP contribution in [0.1, 0.15) is 51.8 Å². The van der Waals surface area contributed by atoms with Crippen LogP contribution in [-0.4, -0.2) is 31.2 Å². The number of fused-ring (bicyclic) bond motifs is 1. The van der Waals surface area contributed by atoms with Crippen molar-refractivity contribution in [3.8, 4) is 0 Å². The Morgan fingerprint density at radius 2 is 1.84 bits per heavy atom. The standard InChI is InChI=1S/C21H33N3O/c1-6-10-13-23(7-2)15-19-16(5)22-20-12-11-17(24(8-3)9-4)14-18(20)21(19)25/h11-12,14H,6-10,13,15H2,1-5H3,(H,22,25)/p+1. The number of rotatable bonds is 9. The van der Waals surface area contributed by atoms with Gasteiger partial charge >= 0.3 is 0 Å². The Hall–Kier alpha value is -1.81. The second-order valence-corrected chi connectivity index (χ2v) is 6.84. The first-order chi connectivity index (χ1) is 12.0. The largest absolute Gasteiger partial charge is 0.372 e. The molecule has 0 aliphatic carbocycles. The Morgan fingerprint density at radius 1 is 1.12 bits per heavy atom. The van der Waals surface area contributed by atoms with Gasteiger partial charge in [0.2, 0.25) is 0 Å². The van der Waals surface area contributed by atoms with Crippen LogP contribution in [0, 0.1) is 6.92 Å². The van der Waals surface area contributed by atoms with E-state index in [1.165, 1.54) is 17.7 Å². The number of anilines is 1. The van der Waals surface area contributed by atoms with Crippen molar-refractivity contribution in [2.75, 3.05) is 31.1 Å². The van der Waals surface area contributed by atoms with Gasteiger partial charge in [-0.1, -0.05) is 13.3 Å². The first-order valence-corrected chi connectivity index (χ1v) is 9.79. The van der Waals surface area contributed by atoms with Crippen molar-refractivity contribution in [3.05, 3.63) is 39.7 Å². The molecule has 0 saturated heterocycles. The number of quaternary nitrogens is 1. The summed E-state index contributed by atoms with van der Waals surface area (Å²) in [6, 6.07) is 6.21. The van der Waals surface area contributed by atoms with Crippen LogP contribution >= 0.6 is 0 Å². The molecule has 0 fully saturated rings. The Balaban J connectivity index is 2.45. The lowest BCUT2D eigenvalue weighted by molar-refractivity contribution is -0.912. The maximum Gasteiger partial charge on any atom is 0.198 e. The third-order valence-corrected chi connectivity index (χ3v) is 5.24. The van der Waals surface area contributed by atoms with Crippen LogP contribution in [0.3, 0.4) is 0 Å². The van der Waals surface area contributed by atoms with E-state index in [0.717, 1.165) is 60.6 Å². The average molecular weight is 345 g/mol. The number of aryl methyl sites for hydroxylation is 1. The van der Waals surface area contributed by atoms with Crippen molar-refractivity contribution in [1.82, 2.24) is 4.98 Å². The fraction of sp³-hybridized carbons (Fsp3) is 0.571. The summed E-state index contributed by atoms with van der Waals surface area (Å²) in [5.41, 5.74) is 4.22. The molecule has 2 rings (SSSR count). The molecule has 25 heavy (non-hydrogen) atoms. The molecular weight excluding hydrogens is 310 g/mol. The van der Waals surface area contributed by atoms with E-state index in [1.54, 1.807) is 0 Å². The van der Waals surface area contributed by atoms with Gasteiger partial charge in [0.25, 0.3) is 0 Å². The van der Waals surface area contributed by atoms with Crippen molar-refractivity contribution < 1.29 is 4.90 Å². The first-order valence-electron chi connectivity index (χ1n) is 9.79. The van der Waals surface area contributed by atoms with Gasteiger partial charge in [0.1, 0.15) is 6.54 Å². The smallest absolute Gasteiger partial charge is 0.198 e. The number of pyridine rings is 1. The van der Waals surface area contributed by atoms with Crippen LogP contribution < -0.4 is 15.2 Å². The van der Waals surface area contributed by atoms with Gasteiger partial charge in [0.05, 0.1) is 18.7 Å². The summed E-state index contributed by atoms with van der Waals surface area (Å²) < 4.78 is 0. The minimum absolute atomic E-state index is 0.197. The van der Waals surface area contributed by atoms with Crippen molar-refractivity contribution >= 4 is 16.6 Å². The van der Waals surface area contributed by atoms with Gasteiger partial charge < -0.3 is 14.8 Å². The molecular formula is C21H34N3O+. The van der Waals surface area contributed by atoms with Crippen LogP contribution in [0.4, 0.5) is 5.69 Å². The zero-order valence-corrected chi connectivity index (χ0v) is 16.5. The summed E-state index contributed by atoms with van der Waals surface area (Å²) in [4.78, 5) is 20.4. The number of H-pyrrole nitrogens is 1. The molecule has 2 N–H and O–H groups in total. The number of nitrogens with zero attached hydrogens (tertiary/aromatic N) is 1. The van der Waals surface area contributed by atoms with Crippen molar-refractivity contribution in [1.29, 1.82) is 0 Å². The fourth-order valence-electron chi connectivity index (χ4n) is 3.50. The predicted octanol–water partition coefficient (Wildman–Crippen LogP) is 2.89. The predicted molar refractivity (Wildman–Crippen MR) is 108 cm³/mol. The van der Waals surface area contributed by atoms with E-state index in [4.69, 9.17) is 0 Å². The van der Waals surface area contributed by atoms with Crippen molar-refractivity contribution in [3.63, 3.8) is 0 Å². The number of aromatic nitrogens is 1. The van der Waals surface area contributed by atoms with Crippen LogP contribution in [0.25, 0.3) is 10.9 Å². The third-order valence-electron chi connectivity index (χ3n) is 5.24. The molecule has 4 heteroatoms. The lowest BCUT2D eigenvalue weighted by Crippen LogP contribution is -3.10. The first kappa shape index (κ1) is 19.5. The highest BCUT2D eigenvalue weighted by molar-refractivity contribution is 5.83. The molecule has 0 spiro atoms. The molecule has 1 heterocycles. The summed E-state index contributed by atoms with van der Waals surface area (Å²) in [5, 5.41) is 0.816. The van der Waals surface area contributed by atoms with Gasteiger partial charge in [-0.05, 0) is 52.3 Å². The number of benzene rings is 1. The lowest BCUT2D eigenvalue weighted by atomic mass is 10.1. The summed E-state index contributed by atoms with van der Waals surface area (Å²) >= 11 is 0. The van der Waals surface area contributed by atoms with E-state index >= 15 is 0 Å². The number of hydrogen-bond donors (Lipinski definition) is 2. The summed E-state index contributed by atoms with van der Waals surface area (Å²) in [6.07, 6.45) is 2.41. The molecule has 2 aromatic rings.